The molecule has 17 heavy (non-hydrogen) atoms. The van der Waals surface area contributed by atoms with Crippen LogP contribution in [-0.2, 0) is 4.57 Å². The van der Waals surface area contributed by atoms with Crippen molar-refractivity contribution in [2.45, 2.75) is 50.1 Å². The predicted octanol–water partition coefficient (Wildman–Crippen LogP) is 2.57. The molecule has 1 atom stereocenters. The Labute approximate surface area is 104 Å². The van der Waals surface area contributed by atoms with Crippen LogP contribution in [0.5, 0.6) is 0 Å². The summed E-state index contributed by atoms with van der Waals surface area (Å²) in [6, 6.07) is 0. The van der Waals surface area contributed by atoms with Gasteiger partial charge in [0.25, 0.3) is 0 Å². The summed E-state index contributed by atoms with van der Waals surface area (Å²) in [5.74, 6) is 2.25. The van der Waals surface area contributed by atoms with Crippen LogP contribution < -0.4 is 5.73 Å². The van der Waals surface area contributed by atoms with Gasteiger partial charge in [-0.05, 0) is 69.2 Å². The van der Waals surface area contributed by atoms with Crippen molar-refractivity contribution in [3.8, 4) is 0 Å². The highest BCUT2D eigenvalue weighted by molar-refractivity contribution is 7.59. The molecule has 0 aliphatic heterocycles. The minimum atomic E-state index is -2.99. The number of rotatable bonds is 4. The third kappa shape index (κ3) is 1.91. The Morgan fingerprint density at radius 3 is 2.00 bits per heavy atom. The van der Waals surface area contributed by atoms with Crippen molar-refractivity contribution in [1.82, 2.24) is 0 Å². The highest BCUT2D eigenvalue weighted by atomic mass is 31.2. The molecule has 98 valence electrons. The summed E-state index contributed by atoms with van der Waals surface area (Å²) in [7, 11) is -2.99. The van der Waals surface area contributed by atoms with Crippen molar-refractivity contribution in [1.29, 1.82) is 0 Å². The van der Waals surface area contributed by atoms with Crippen molar-refractivity contribution >= 4 is 7.37 Å². The molecule has 4 rings (SSSR count). The van der Waals surface area contributed by atoms with Crippen LogP contribution in [0.15, 0.2) is 0 Å². The molecular formula is C13H24NO2P. The minimum absolute atomic E-state index is 0.198. The first-order chi connectivity index (χ1) is 8.05. The van der Waals surface area contributed by atoms with Gasteiger partial charge in [-0.15, -0.1) is 0 Å². The van der Waals surface area contributed by atoms with Crippen molar-refractivity contribution in [3.05, 3.63) is 0 Å². The van der Waals surface area contributed by atoms with Crippen LogP contribution in [0.3, 0.4) is 0 Å². The Hall–Kier alpha value is 0.150. The Kier molecular flexibility index (Phi) is 2.93. The Bertz CT molecular complexity index is 320. The molecule has 4 bridgehead atoms. The minimum Gasteiger partial charge on any atom is -0.344 e. The van der Waals surface area contributed by atoms with Gasteiger partial charge >= 0.3 is 0 Å². The standard InChI is InChI=1S/C13H24NO2P/c14-2-1-3-17(15,16)13-7-10-4-11(8-13)6-12(5-10)9-13/h10-12H,1-9,14H2,(H,15,16). The maximum atomic E-state index is 12.7. The van der Waals surface area contributed by atoms with Crippen LogP contribution in [-0.4, -0.2) is 22.8 Å². The SMILES string of the molecule is NCCCP(=O)(O)C12CC3CC(CC(C3)C1)C2. The van der Waals surface area contributed by atoms with Crippen LogP contribution in [0, 0.1) is 17.8 Å². The summed E-state index contributed by atoms with van der Waals surface area (Å²) in [5.41, 5.74) is 5.49. The molecule has 4 aliphatic rings. The summed E-state index contributed by atoms with van der Waals surface area (Å²) in [4.78, 5) is 10.5. The highest BCUT2D eigenvalue weighted by Crippen LogP contribution is 2.70. The van der Waals surface area contributed by atoms with Gasteiger partial charge in [0.05, 0.1) is 0 Å². The highest BCUT2D eigenvalue weighted by Gasteiger charge is 2.58. The van der Waals surface area contributed by atoms with Gasteiger partial charge in [0.15, 0.2) is 0 Å². The van der Waals surface area contributed by atoms with Gasteiger partial charge in [0.1, 0.15) is 0 Å². The van der Waals surface area contributed by atoms with E-state index in [4.69, 9.17) is 5.73 Å². The van der Waals surface area contributed by atoms with Crippen LogP contribution in [0.2, 0.25) is 0 Å². The molecule has 4 fully saturated rings. The summed E-state index contributed by atoms with van der Waals surface area (Å²) >= 11 is 0. The van der Waals surface area contributed by atoms with Gasteiger partial charge in [0, 0.05) is 11.3 Å². The number of nitrogens with two attached hydrogens (primary N) is 1. The van der Waals surface area contributed by atoms with Crippen LogP contribution >= 0.6 is 7.37 Å². The summed E-state index contributed by atoms with van der Waals surface area (Å²) < 4.78 is 12.7. The molecule has 0 saturated heterocycles. The Morgan fingerprint density at radius 1 is 1.12 bits per heavy atom. The van der Waals surface area contributed by atoms with Gasteiger partial charge in [-0.25, -0.2) is 0 Å². The van der Waals surface area contributed by atoms with Gasteiger partial charge in [-0.2, -0.15) is 0 Å². The molecule has 3 N–H and O–H groups in total. The first kappa shape index (κ1) is 12.2. The van der Waals surface area contributed by atoms with Crippen molar-refractivity contribution in [2.75, 3.05) is 12.7 Å². The first-order valence-electron chi connectivity index (χ1n) is 7.07. The molecule has 1 unspecified atom stereocenters. The van der Waals surface area contributed by atoms with E-state index in [0.29, 0.717) is 19.1 Å². The fraction of sp³-hybridized carbons (Fsp3) is 1.00. The predicted molar refractivity (Wildman–Crippen MR) is 69.3 cm³/mol. The molecule has 0 radical (unpaired) electrons. The van der Waals surface area contributed by atoms with E-state index >= 15 is 0 Å². The lowest BCUT2D eigenvalue weighted by Gasteiger charge is -2.57. The lowest BCUT2D eigenvalue weighted by atomic mass is 9.56. The summed E-state index contributed by atoms with van der Waals surface area (Å²) in [5, 5.41) is -0.198. The van der Waals surface area contributed by atoms with Crippen LogP contribution in [0.1, 0.15) is 44.9 Å². The maximum absolute atomic E-state index is 12.7. The first-order valence-corrected chi connectivity index (χ1v) is 8.91. The molecule has 0 spiro atoms. The Morgan fingerprint density at radius 2 is 1.59 bits per heavy atom. The number of hydrogen-bond acceptors (Lipinski definition) is 2. The van der Waals surface area contributed by atoms with E-state index in [1.807, 2.05) is 0 Å². The molecule has 0 aromatic carbocycles. The van der Waals surface area contributed by atoms with Gasteiger partial charge in [0.2, 0.25) is 7.37 Å². The topological polar surface area (TPSA) is 63.3 Å². The second-order valence-electron chi connectivity index (χ2n) is 6.71. The second-order valence-corrected chi connectivity index (χ2v) is 9.51. The lowest BCUT2D eigenvalue weighted by molar-refractivity contribution is 0.0286. The Balaban J connectivity index is 1.83. The van der Waals surface area contributed by atoms with Crippen molar-refractivity contribution in [3.63, 3.8) is 0 Å². The van der Waals surface area contributed by atoms with Crippen LogP contribution in [0.4, 0.5) is 0 Å². The van der Waals surface area contributed by atoms with Crippen molar-refractivity contribution < 1.29 is 9.46 Å². The smallest absolute Gasteiger partial charge is 0.206 e. The molecule has 0 aromatic heterocycles. The third-order valence-corrected chi connectivity index (χ3v) is 8.36. The molecule has 0 amide bonds. The molecule has 0 aromatic rings. The summed E-state index contributed by atoms with van der Waals surface area (Å²) in [6.07, 6.45) is 8.22. The molecular weight excluding hydrogens is 233 g/mol. The van der Waals surface area contributed by atoms with Gasteiger partial charge in [-0.3, -0.25) is 4.57 Å². The third-order valence-electron chi connectivity index (χ3n) is 5.41. The average Bonchev–Trinajstić information content (AvgIpc) is 2.24. The molecule has 3 nitrogen and oxygen atoms in total. The molecule has 4 heteroatoms. The second kappa shape index (κ2) is 4.08. The van der Waals surface area contributed by atoms with Crippen molar-refractivity contribution in [2.24, 2.45) is 23.5 Å². The summed E-state index contributed by atoms with van der Waals surface area (Å²) in [6.45, 7) is 0.539. The van der Waals surface area contributed by atoms with E-state index in [9.17, 15) is 9.46 Å². The van der Waals surface area contributed by atoms with E-state index < -0.39 is 7.37 Å². The molecule has 4 aliphatic carbocycles. The zero-order chi connectivity index (χ0) is 12.1. The van der Waals surface area contributed by atoms with E-state index in [0.717, 1.165) is 37.0 Å². The maximum Gasteiger partial charge on any atom is 0.206 e. The van der Waals surface area contributed by atoms with Gasteiger partial charge < -0.3 is 10.6 Å². The van der Waals surface area contributed by atoms with Crippen LogP contribution in [0.25, 0.3) is 0 Å². The van der Waals surface area contributed by atoms with E-state index in [1.54, 1.807) is 0 Å². The quantitative estimate of drug-likeness (QED) is 0.761. The monoisotopic (exact) mass is 257 g/mol. The van der Waals surface area contributed by atoms with Gasteiger partial charge in [-0.1, -0.05) is 0 Å². The number of hydrogen-bond donors (Lipinski definition) is 2. The van der Waals surface area contributed by atoms with E-state index in [1.165, 1.54) is 19.3 Å². The average molecular weight is 257 g/mol. The fourth-order valence-corrected chi connectivity index (χ4v) is 7.75. The van der Waals surface area contributed by atoms with E-state index in [-0.39, 0.29) is 5.16 Å². The van der Waals surface area contributed by atoms with E-state index in [2.05, 4.69) is 0 Å². The molecule has 0 heterocycles. The zero-order valence-corrected chi connectivity index (χ0v) is 11.4. The fourth-order valence-electron chi connectivity index (χ4n) is 5.04. The molecule has 4 saturated carbocycles. The normalized spacial score (nSPS) is 47.1. The lowest BCUT2D eigenvalue weighted by Crippen LogP contribution is -2.50. The largest absolute Gasteiger partial charge is 0.344 e. The zero-order valence-electron chi connectivity index (χ0n) is 10.5.